The van der Waals surface area contributed by atoms with Crippen LogP contribution in [0.3, 0.4) is 0 Å². The molecule has 0 amide bonds. The Morgan fingerprint density at radius 2 is 1.59 bits per heavy atom. The van der Waals surface area contributed by atoms with Gasteiger partial charge < -0.3 is 10.5 Å². The minimum Gasteiger partial charge on any atom is -0.425 e. The van der Waals surface area contributed by atoms with Crippen molar-refractivity contribution in [3.05, 3.63) is 78.4 Å². The Hall–Kier alpha value is -2.65. The lowest BCUT2D eigenvalue weighted by Gasteiger charge is -2.11. The molecule has 22 heavy (non-hydrogen) atoms. The van der Waals surface area contributed by atoms with Crippen molar-refractivity contribution in [1.82, 2.24) is 0 Å². The smallest absolute Gasteiger partial charge is 0.328 e. The van der Waals surface area contributed by atoms with Crippen LogP contribution in [0.2, 0.25) is 0 Å². The second-order valence-electron chi connectivity index (χ2n) is 5.23. The topological polar surface area (TPSA) is 52.3 Å². The fourth-order valence-electron chi connectivity index (χ4n) is 2.37. The molecule has 3 aromatic rings. The maximum Gasteiger partial charge on any atom is 0.328 e. The molecule has 0 aliphatic rings. The summed E-state index contributed by atoms with van der Waals surface area (Å²) in [7, 11) is 0. The molecule has 0 fully saturated rings. The third-order valence-corrected chi connectivity index (χ3v) is 3.54. The first kappa shape index (κ1) is 14.3. The summed E-state index contributed by atoms with van der Waals surface area (Å²) in [6.45, 7) is 0. The number of carbonyl (C=O) groups is 1. The first-order valence-electron chi connectivity index (χ1n) is 7.22. The van der Waals surface area contributed by atoms with Crippen molar-refractivity contribution < 1.29 is 9.53 Å². The van der Waals surface area contributed by atoms with Crippen LogP contribution in [0.5, 0.6) is 5.75 Å². The summed E-state index contributed by atoms with van der Waals surface area (Å²) in [5.74, 6) is 0.103. The molecule has 3 aromatic carbocycles. The average molecular weight is 291 g/mol. The van der Waals surface area contributed by atoms with Crippen LogP contribution in [0.15, 0.2) is 72.8 Å². The van der Waals surface area contributed by atoms with Crippen molar-refractivity contribution >= 4 is 16.7 Å². The lowest BCUT2D eigenvalue weighted by atomic mass is 10.1. The van der Waals surface area contributed by atoms with Crippen molar-refractivity contribution in [3.63, 3.8) is 0 Å². The normalized spacial score (nSPS) is 12.0. The van der Waals surface area contributed by atoms with E-state index in [-0.39, 0.29) is 0 Å². The third kappa shape index (κ3) is 3.32. The van der Waals surface area contributed by atoms with E-state index in [0.717, 1.165) is 16.3 Å². The van der Waals surface area contributed by atoms with Crippen molar-refractivity contribution in [2.45, 2.75) is 12.5 Å². The molecule has 0 radical (unpaired) electrons. The molecule has 3 rings (SSSR count). The van der Waals surface area contributed by atoms with Gasteiger partial charge >= 0.3 is 5.97 Å². The predicted octanol–water partition coefficient (Wildman–Crippen LogP) is 3.32. The van der Waals surface area contributed by atoms with E-state index in [2.05, 4.69) is 0 Å². The van der Waals surface area contributed by atoms with Crippen LogP contribution >= 0.6 is 0 Å². The van der Waals surface area contributed by atoms with Crippen LogP contribution in [-0.2, 0) is 11.2 Å². The molecule has 110 valence electrons. The summed E-state index contributed by atoms with van der Waals surface area (Å²) < 4.78 is 5.39. The first-order valence-corrected chi connectivity index (χ1v) is 7.22. The standard InChI is InChI=1S/C19H17NO2/c20-18(12-14-6-2-1-3-7-14)19(21)22-17-11-10-15-8-4-5-9-16(15)13-17/h1-11,13,18H,12,20H2. The first-order chi connectivity index (χ1) is 10.7. The summed E-state index contributed by atoms with van der Waals surface area (Å²) in [6.07, 6.45) is 0.466. The number of hydrogen-bond acceptors (Lipinski definition) is 3. The van der Waals surface area contributed by atoms with Crippen LogP contribution in [0.4, 0.5) is 0 Å². The molecule has 0 aromatic heterocycles. The molecular weight excluding hydrogens is 274 g/mol. The Morgan fingerprint density at radius 1 is 0.909 bits per heavy atom. The van der Waals surface area contributed by atoms with Gasteiger partial charge in [-0.05, 0) is 34.9 Å². The molecule has 0 aliphatic carbocycles. The van der Waals surface area contributed by atoms with Gasteiger partial charge in [-0.15, -0.1) is 0 Å². The van der Waals surface area contributed by atoms with Gasteiger partial charge in [0, 0.05) is 0 Å². The minimum absolute atomic E-state index is 0.417. The lowest BCUT2D eigenvalue weighted by molar-refractivity contribution is -0.135. The monoisotopic (exact) mass is 291 g/mol. The highest BCUT2D eigenvalue weighted by Crippen LogP contribution is 2.21. The molecule has 3 nitrogen and oxygen atoms in total. The average Bonchev–Trinajstić information content (AvgIpc) is 2.55. The van der Waals surface area contributed by atoms with Gasteiger partial charge in [0.25, 0.3) is 0 Å². The third-order valence-electron chi connectivity index (χ3n) is 3.54. The molecule has 0 bridgehead atoms. The highest BCUT2D eigenvalue weighted by molar-refractivity contribution is 5.85. The molecule has 2 N–H and O–H groups in total. The largest absolute Gasteiger partial charge is 0.425 e. The predicted molar refractivity (Wildman–Crippen MR) is 87.7 cm³/mol. The number of esters is 1. The molecular formula is C19H17NO2. The van der Waals surface area contributed by atoms with E-state index in [4.69, 9.17) is 10.5 Å². The SMILES string of the molecule is NC(Cc1ccccc1)C(=O)Oc1ccc2ccccc2c1. The van der Waals surface area contributed by atoms with Crippen LogP contribution in [0.25, 0.3) is 10.8 Å². The number of fused-ring (bicyclic) bond motifs is 1. The van der Waals surface area contributed by atoms with Gasteiger partial charge in [0.15, 0.2) is 0 Å². The number of benzene rings is 3. The Kier molecular flexibility index (Phi) is 4.17. The number of ether oxygens (including phenoxy) is 1. The molecule has 0 heterocycles. The van der Waals surface area contributed by atoms with E-state index in [1.807, 2.05) is 66.7 Å². The van der Waals surface area contributed by atoms with E-state index in [1.54, 1.807) is 6.07 Å². The van der Waals surface area contributed by atoms with Crippen LogP contribution in [-0.4, -0.2) is 12.0 Å². The minimum atomic E-state index is -0.672. The van der Waals surface area contributed by atoms with Gasteiger partial charge in [0.05, 0.1) is 0 Å². The Bertz CT molecular complexity index is 784. The van der Waals surface area contributed by atoms with Crippen LogP contribution < -0.4 is 10.5 Å². The van der Waals surface area contributed by atoms with Crippen LogP contribution in [0.1, 0.15) is 5.56 Å². The Labute approximate surface area is 129 Å². The van der Waals surface area contributed by atoms with Gasteiger partial charge in [-0.3, -0.25) is 0 Å². The van der Waals surface area contributed by atoms with Crippen molar-refractivity contribution in [2.75, 3.05) is 0 Å². The zero-order valence-corrected chi connectivity index (χ0v) is 12.1. The molecule has 1 atom stereocenters. The van der Waals surface area contributed by atoms with Crippen molar-refractivity contribution in [2.24, 2.45) is 5.73 Å². The summed E-state index contributed by atoms with van der Waals surface area (Å²) in [5.41, 5.74) is 6.95. The molecule has 3 heteroatoms. The van der Waals surface area contributed by atoms with Crippen LogP contribution in [0, 0.1) is 0 Å². The fraction of sp³-hybridized carbons (Fsp3) is 0.105. The second kappa shape index (κ2) is 6.41. The van der Waals surface area contributed by atoms with Gasteiger partial charge in [-0.2, -0.15) is 0 Å². The Balaban J connectivity index is 1.69. The quantitative estimate of drug-likeness (QED) is 0.592. The molecule has 0 spiro atoms. The highest BCUT2D eigenvalue weighted by atomic mass is 16.5. The summed E-state index contributed by atoms with van der Waals surface area (Å²) in [6, 6.07) is 22.5. The highest BCUT2D eigenvalue weighted by Gasteiger charge is 2.16. The molecule has 0 aliphatic heterocycles. The van der Waals surface area contributed by atoms with Crippen molar-refractivity contribution in [1.29, 1.82) is 0 Å². The van der Waals surface area contributed by atoms with E-state index in [0.29, 0.717) is 12.2 Å². The molecule has 0 saturated heterocycles. The zero-order chi connectivity index (χ0) is 15.4. The lowest BCUT2D eigenvalue weighted by Crippen LogP contribution is -2.36. The number of nitrogens with two attached hydrogens (primary N) is 1. The zero-order valence-electron chi connectivity index (χ0n) is 12.1. The number of rotatable bonds is 4. The van der Waals surface area contributed by atoms with E-state index < -0.39 is 12.0 Å². The second-order valence-corrected chi connectivity index (χ2v) is 5.23. The van der Waals surface area contributed by atoms with E-state index in [1.165, 1.54) is 0 Å². The summed E-state index contributed by atoms with van der Waals surface area (Å²) in [5, 5.41) is 2.14. The van der Waals surface area contributed by atoms with Crippen molar-refractivity contribution in [3.8, 4) is 5.75 Å². The van der Waals surface area contributed by atoms with Gasteiger partial charge in [0.1, 0.15) is 11.8 Å². The van der Waals surface area contributed by atoms with E-state index in [9.17, 15) is 4.79 Å². The van der Waals surface area contributed by atoms with Gasteiger partial charge in [0.2, 0.25) is 0 Å². The van der Waals surface area contributed by atoms with Gasteiger partial charge in [-0.25, -0.2) is 4.79 Å². The summed E-state index contributed by atoms with van der Waals surface area (Å²) in [4.78, 5) is 12.1. The number of hydrogen-bond donors (Lipinski definition) is 1. The summed E-state index contributed by atoms with van der Waals surface area (Å²) >= 11 is 0. The maximum atomic E-state index is 12.1. The molecule has 1 unspecified atom stereocenters. The fourth-order valence-corrected chi connectivity index (χ4v) is 2.37. The number of carbonyl (C=O) groups excluding carboxylic acids is 1. The Morgan fingerprint density at radius 3 is 2.36 bits per heavy atom. The molecule has 0 saturated carbocycles. The maximum absolute atomic E-state index is 12.1. The van der Waals surface area contributed by atoms with Gasteiger partial charge in [-0.1, -0.05) is 60.7 Å². The van der Waals surface area contributed by atoms with E-state index >= 15 is 0 Å².